The predicted octanol–water partition coefficient (Wildman–Crippen LogP) is 4.78. The Morgan fingerprint density at radius 3 is 2.83 bits per heavy atom. The average molecular weight is 427 g/mol. The summed E-state index contributed by atoms with van der Waals surface area (Å²) < 4.78 is 18.6. The number of likely N-dealkylation sites (tertiary alicyclic amines) is 1. The van der Waals surface area contributed by atoms with Gasteiger partial charge in [0.05, 0.1) is 11.7 Å². The molecule has 156 valence electrons. The van der Waals surface area contributed by atoms with E-state index in [4.69, 9.17) is 4.74 Å². The largest absolute Gasteiger partial charge is 0.484 e. The van der Waals surface area contributed by atoms with Crippen LogP contribution in [0.4, 0.5) is 15.2 Å². The van der Waals surface area contributed by atoms with Gasteiger partial charge in [0.25, 0.3) is 5.91 Å². The molecule has 30 heavy (non-hydrogen) atoms. The Morgan fingerprint density at radius 2 is 2.10 bits per heavy atom. The lowest BCUT2D eigenvalue weighted by Crippen LogP contribution is -2.34. The van der Waals surface area contributed by atoms with Gasteiger partial charge in [0.1, 0.15) is 11.6 Å². The second-order valence-corrected chi connectivity index (χ2v) is 8.55. The molecule has 0 unspecified atom stereocenters. The van der Waals surface area contributed by atoms with Gasteiger partial charge < -0.3 is 15.0 Å². The first-order chi connectivity index (χ1) is 14.5. The monoisotopic (exact) mass is 426 g/mol. The molecule has 1 aliphatic rings. The van der Waals surface area contributed by atoms with Crippen molar-refractivity contribution >= 4 is 28.1 Å². The third kappa shape index (κ3) is 4.76. The van der Waals surface area contributed by atoms with Crippen LogP contribution in [0.5, 0.6) is 5.75 Å². The van der Waals surface area contributed by atoms with Crippen molar-refractivity contribution in [3.8, 4) is 5.75 Å². The highest BCUT2D eigenvalue weighted by Gasteiger charge is 2.31. The zero-order chi connectivity index (χ0) is 21.1. The normalized spacial score (nSPS) is 16.0. The molecule has 1 aliphatic heterocycles. The number of anilines is 2. The lowest BCUT2D eigenvalue weighted by atomic mass is 10.1. The minimum Gasteiger partial charge on any atom is -0.484 e. The molecule has 0 spiro atoms. The molecule has 8 heteroatoms. The fourth-order valence-corrected chi connectivity index (χ4v) is 4.29. The van der Waals surface area contributed by atoms with Crippen LogP contribution in [0.3, 0.4) is 0 Å². The number of aryl methyl sites for hydroxylation is 2. The predicted molar refractivity (Wildman–Crippen MR) is 115 cm³/mol. The molecule has 0 bridgehead atoms. The molecule has 4 rings (SSSR count). The smallest absolute Gasteiger partial charge is 0.261 e. The Bertz CT molecular complexity index is 1040. The second kappa shape index (κ2) is 8.79. The minimum absolute atomic E-state index is 0.0859. The van der Waals surface area contributed by atoms with Crippen LogP contribution in [0.25, 0.3) is 0 Å². The first kappa shape index (κ1) is 20.3. The Balaban J connectivity index is 1.46. The van der Waals surface area contributed by atoms with Crippen LogP contribution in [-0.2, 0) is 4.79 Å². The Kier molecular flexibility index (Phi) is 5.94. The number of carbonyl (C=O) groups is 1. The molecule has 2 aromatic heterocycles. The van der Waals surface area contributed by atoms with Crippen molar-refractivity contribution in [3.63, 3.8) is 0 Å². The van der Waals surface area contributed by atoms with Crippen LogP contribution < -0.4 is 10.1 Å². The molecule has 1 N–H and O–H groups in total. The van der Waals surface area contributed by atoms with E-state index in [0.29, 0.717) is 12.3 Å². The molecule has 0 aliphatic carbocycles. The summed E-state index contributed by atoms with van der Waals surface area (Å²) in [7, 11) is 0. The fourth-order valence-electron chi connectivity index (χ4n) is 3.60. The summed E-state index contributed by atoms with van der Waals surface area (Å²) in [6.45, 7) is 4.54. The standard InChI is InChI=1S/C22H23FN4O2S/c1-14-10-17(26-22-24-12-15(2)30-22)11-19(25-14)20-4-3-9-27(20)21(28)13-29-18-7-5-16(23)6-8-18/h5-8,10-12,20H,3-4,9,13H2,1-2H3,(H,24,25,26)/t20-/m1/s1. The van der Waals surface area contributed by atoms with E-state index in [2.05, 4.69) is 15.3 Å². The molecule has 6 nitrogen and oxygen atoms in total. The van der Waals surface area contributed by atoms with Gasteiger partial charge in [0.15, 0.2) is 11.7 Å². The summed E-state index contributed by atoms with van der Waals surface area (Å²) in [5.41, 5.74) is 2.65. The van der Waals surface area contributed by atoms with E-state index in [1.165, 1.54) is 24.3 Å². The molecule has 1 amide bonds. The fraction of sp³-hybridized carbons (Fsp3) is 0.318. The van der Waals surface area contributed by atoms with Gasteiger partial charge in [-0.2, -0.15) is 0 Å². The summed E-state index contributed by atoms with van der Waals surface area (Å²) in [5.74, 6) is 0.0331. The van der Waals surface area contributed by atoms with Crippen LogP contribution >= 0.6 is 11.3 Å². The third-order valence-electron chi connectivity index (χ3n) is 4.94. The summed E-state index contributed by atoms with van der Waals surface area (Å²) in [5, 5.41) is 4.16. The highest BCUT2D eigenvalue weighted by molar-refractivity contribution is 7.15. The van der Waals surface area contributed by atoms with E-state index >= 15 is 0 Å². The molecule has 1 atom stereocenters. The molecular formula is C22H23FN4O2S. The maximum atomic E-state index is 13.0. The number of carbonyl (C=O) groups excluding carboxylic acids is 1. The van der Waals surface area contributed by atoms with E-state index in [0.717, 1.165) is 39.9 Å². The van der Waals surface area contributed by atoms with Crippen LogP contribution in [0.1, 0.15) is 35.1 Å². The van der Waals surface area contributed by atoms with Crippen molar-refractivity contribution in [3.05, 3.63) is 64.7 Å². The SMILES string of the molecule is Cc1cc(Nc2ncc(C)s2)cc([C@H]2CCCN2C(=O)COc2ccc(F)cc2)n1. The van der Waals surface area contributed by atoms with Crippen LogP contribution in [0.2, 0.25) is 0 Å². The van der Waals surface area contributed by atoms with E-state index in [-0.39, 0.29) is 24.4 Å². The number of benzene rings is 1. The first-order valence-electron chi connectivity index (χ1n) is 9.84. The average Bonchev–Trinajstić information content (AvgIpc) is 3.36. The Hall–Kier alpha value is -3.00. The maximum Gasteiger partial charge on any atom is 0.261 e. The maximum absolute atomic E-state index is 13.0. The quantitative estimate of drug-likeness (QED) is 0.614. The van der Waals surface area contributed by atoms with Gasteiger partial charge in [-0.1, -0.05) is 0 Å². The zero-order valence-corrected chi connectivity index (χ0v) is 17.7. The summed E-state index contributed by atoms with van der Waals surface area (Å²) >= 11 is 1.59. The highest BCUT2D eigenvalue weighted by atomic mass is 32.1. The number of hydrogen-bond acceptors (Lipinski definition) is 6. The van der Waals surface area contributed by atoms with Gasteiger partial charge in [-0.05, 0) is 63.1 Å². The lowest BCUT2D eigenvalue weighted by Gasteiger charge is -2.25. The topological polar surface area (TPSA) is 67.4 Å². The minimum atomic E-state index is -0.337. The van der Waals surface area contributed by atoms with E-state index in [1.807, 2.05) is 37.1 Å². The highest BCUT2D eigenvalue weighted by Crippen LogP contribution is 2.33. The molecule has 1 aromatic carbocycles. The first-order valence-corrected chi connectivity index (χ1v) is 10.7. The molecule has 1 saturated heterocycles. The van der Waals surface area contributed by atoms with Crippen molar-refractivity contribution < 1.29 is 13.9 Å². The van der Waals surface area contributed by atoms with Gasteiger partial charge in [-0.15, -0.1) is 11.3 Å². The van der Waals surface area contributed by atoms with E-state index in [9.17, 15) is 9.18 Å². The number of halogens is 1. The molecule has 0 saturated carbocycles. The number of rotatable bonds is 6. The van der Waals surface area contributed by atoms with Gasteiger partial charge >= 0.3 is 0 Å². The molecular weight excluding hydrogens is 403 g/mol. The molecule has 3 aromatic rings. The number of hydrogen-bond donors (Lipinski definition) is 1. The third-order valence-corrected chi connectivity index (χ3v) is 5.76. The van der Waals surface area contributed by atoms with Crippen molar-refractivity contribution in [2.45, 2.75) is 32.7 Å². The Labute approximate surface area is 178 Å². The van der Waals surface area contributed by atoms with Gasteiger partial charge in [-0.3, -0.25) is 9.78 Å². The van der Waals surface area contributed by atoms with Crippen molar-refractivity contribution in [2.75, 3.05) is 18.5 Å². The summed E-state index contributed by atoms with van der Waals surface area (Å²) in [4.78, 5) is 24.8. The van der Waals surface area contributed by atoms with Crippen molar-refractivity contribution in [2.24, 2.45) is 0 Å². The van der Waals surface area contributed by atoms with Gasteiger partial charge in [0, 0.05) is 29.0 Å². The number of nitrogens with one attached hydrogen (secondary N) is 1. The van der Waals surface area contributed by atoms with Crippen LogP contribution in [0.15, 0.2) is 42.6 Å². The zero-order valence-electron chi connectivity index (χ0n) is 16.9. The van der Waals surface area contributed by atoms with Crippen LogP contribution in [-0.4, -0.2) is 33.9 Å². The summed E-state index contributed by atoms with van der Waals surface area (Å²) in [6, 6.07) is 9.53. The van der Waals surface area contributed by atoms with Gasteiger partial charge in [0.2, 0.25) is 0 Å². The number of aromatic nitrogens is 2. The number of pyridine rings is 1. The second-order valence-electron chi connectivity index (χ2n) is 7.31. The van der Waals surface area contributed by atoms with E-state index in [1.54, 1.807) is 11.3 Å². The summed E-state index contributed by atoms with van der Waals surface area (Å²) in [6.07, 6.45) is 3.60. The number of amides is 1. The van der Waals surface area contributed by atoms with Gasteiger partial charge in [-0.25, -0.2) is 9.37 Å². The molecule has 1 fully saturated rings. The Morgan fingerprint density at radius 1 is 1.30 bits per heavy atom. The molecule has 0 radical (unpaired) electrons. The van der Waals surface area contributed by atoms with Crippen molar-refractivity contribution in [1.29, 1.82) is 0 Å². The van der Waals surface area contributed by atoms with Crippen molar-refractivity contribution in [1.82, 2.24) is 14.9 Å². The number of nitrogens with zero attached hydrogens (tertiary/aromatic N) is 3. The lowest BCUT2D eigenvalue weighted by molar-refractivity contribution is -0.134. The van der Waals surface area contributed by atoms with E-state index < -0.39 is 0 Å². The number of thiazole rings is 1. The van der Waals surface area contributed by atoms with Crippen LogP contribution in [0, 0.1) is 19.7 Å². The molecule has 3 heterocycles. The number of ether oxygens (including phenoxy) is 1.